The number of carbonyl (C=O) groups is 2. The summed E-state index contributed by atoms with van der Waals surface area (Å²) in [6, 6.07) is 15.0. The van der Waals surface area contributed by atoms with Crippen LogP contribution in [0.3, 0.4) is 0 Å². The van der Waals surface area contributed by atoms with E-state index in [4.69, 9.17) is 17.3 Å². The second-order valence-corrected chi connectivity index (χ2v) is 9.90. The predicted molar refractivity (Wildman–Crippen MR) is 122 cm³/mol. The maximum absolute atomic E-state index is 12.8. The first kappa shape index (κ1) is 21.9. The molecule has 0 radical (unpaired) electrons. The largest absolute Gasteiger partial charge is 0.365 e. The Labute approximate surface area is 190 Å². The average molecular weight is 473 g/mol. The molecular formula is C22H21ClN4O4S. The number of halogens is 1. The van der Waals surface area contributed by atoms with Gasteiger partial charge in [0.15, 0.2) is 9.84 Å². The van der Waals surface area contributed by atoms with Crippen LogP contribution in [0.25, 0.3) is 5.69 Å². The lowest BCUT2D eigenvalue weighted by Crippen LogP contribution is -2.39. The van der Waals surface area contributed by atoms with Crippen molar-refractivity contribution < 1.29 is 18.0 Å². The van der Waals surface area contributed by atoms with Gasteiger partial charge in [-0.2, -0.15) is 0 Å². The Morgan fingerprint density at radius 2 is 1.72 bits per heavy atom. The first-order valence-electron chi connectivity index (χ1n) is 9.80. The number of urea groups is 1. The predicted octanol–water partition coefficient (Wildman–Crippen LogP) is 3.22. The highest BCUT2D eigenvalue weighted by Crippen LogP contribution is 2.34. The van der Waals surface area contributed by atoms with Crippen molar-refractivity contribution in [1.82, 2.24) is 9.47 Å². The molecule has 0 unspecified atom stereocenters. The van der Waals surface area contributed by atoms with Gasteiger partial charge in [0.25, 0.3) is 5.91 Å². The molecule has 3 aromatic rings. The molecule has 2 heterocycles. The summed E-state index contributed by atoms with van der Waals surface area (Å²) in [6.07, 6.45) is 1.60. The van der Waals surface area contributed by atoms with Crippen molar-refractivity contribution in [3.05, 3.63) is 76.6 Å². The van der Waals surface area contributed by atoms with Gasteiger partial charge in [0.1, 0.15) is 5.15 Å². The molecule has 0 saturated carbocycles. The fourth-order valence-electron chi connectivity index (χ4n) is 3.84. The van der Waals surface area contributed by atoms with Crippen LogP contribution in [0.5, 0.6) is 0 Å². The van der Waals surface area contributed by atoms with Crippen LogP contribution >= 0.6 is 11.6 Å². The van der Waals surface area contributed by atoms with E-state index in [1.165, 1.54) is 24.3 Å². The number of benzene rings is 2. The van der Waals surface area contributed by atoms with E-state index in [1.807, 2.05) is 30.3 Å². The van der Waals surface area contributed by atoms with Gasteiger partial charge in [0.05, 0.1) is 17.0 Å². The molecule has 3 N–H and O–H groups in total. The molecule has 10 heteroatoms. The molecule has 4 rings (SSSR count). The van der Waals surface area contributed by atoms with Crippen LogP contribution < -0.4 is 11.1 Å². The highest BCUT2D eigenvalue weighted by Gasteiger charge is 2.31. The lowest BCUT2D eigenvalue weighted by Gasteiger charge is -2.28. The van der Waals surface area contributed by atoms with Crippen molar-refractivity contribution in [2.75, 3.05) is 18.1 Å². The van der Waals surface area contributed by atoms with Gasteiger partial charge < -0.3 is 20.5 Å². The second kappa shape index (κ2) is 8.33. The Balaban J connectivity index is 1.61. The molecule has 3 amide bonds. The average Bonchev–Trinajstić information content (AvgIpc) is 3.05. The zero-order valence-electron chi connectivity index (χ0n) is 17.2. The standard InChI is InChI=1S/C22H21ClN4O4S/c1-32(30,31)16-9-7-14(8-10-16)25-22(29)26-12-11-18-17(13-26)19(21(24)28)20(23)27(18)15-5-3-2-4-6-15/h2-10H,11-13H2,1H3,(H2,24,28)(H,25,29). The highest BCUT2D eigenvalue weighted by atomic mass is 35.5. The molecule has 0 aliphatic carbocycles. The Bertz CT molecular complexity index is 1300. The fraction of sp³-hybridized carbons (Fsp3) is 0.182. The lowest BCUT2D eigenvalue weighted by molar-refractivity contribution is 0.0998. The Hall–Kier alpha value is -3.30. The summed E-state index contributed by atoms with van der Waals surface area (Å²) in [4.78, 5) is 26.7. The van der Waals surface area contributed by atoms with Crippen molar-refractivity contribution in [1.29, 1.82) is 0 Å². The maximum atomic E-state index is 12.8. The number of rotatable bonds is 4. The Morgan fingerprint density at radius 1 is 1.06 bits per heavy atom. The minimum atomic E-state index is -3.32. The Morgan fingerprint density at radius 3 is 2.31 bits per heavy atom. The van der Waals surface area contributed by atoms with Crippen LogP contribution in [-0.4, -0.2) is 42.6 Å². The quantitative estimate of drug-likeness (QED) is 0.606. The number of hydrogen-bond donors (Lipinski definition) is 2. The minimum absolute atomic E-state index is 0.167. The van der Waals surface area contributed by atoms with Crippen LogP contribution in [0, 0.1) is 0 Å². The summed E-state index contributed by atoms with van der Waals surface area (Å²) < 4.78 is 25.0. The van der Waals surface area contributed by atoms with E-state index in [0.717, 1.165) is 17.6 Å². The molecule has 166 valence electrons. The van der Waals surface area contributed by atoms with Gasteiger partial charge in [0, 0.05) is 41.9 Å². The summed E-state index contributed by atoms with van der Waals surface area (Å²) in [7, 11) is -3.32. The SMILES string of the molecule is CS(=O)(=O)c1ccc(NC(=O)N2CCc3c(c(C(N)=O)c(Cl)n3-c3ccccc3)C2)cc1. The highest BCUT2D eigenvalue weighted by molar-refractivity contribution is 7.90. The summed E-state index contributed by atoms with van der Waals surface area (Å²) in [5.74, 6) is -0.653. The zero-order valence-corrected chi connectivity index (χ0v) is 18.8. The molecule has 8 nitrogen and oxygen atoms in total. The smallest absolute Gasteiger partial charge is 0.322 e. The van der Waals surface area contributed by atoms with Gasteiger partial charge in [-0.1, -0.05) is 29.8 Å². The number of amides is 3. The molecule has 1 aromatic heterocycles. The van der Waals surface area contributed by atoms with E-state index in [0.29, 0.717) is 24.2 Å². The van der Waals surface area contributed by atoms with Crippen LogP contribution in [0.1, 0.15) is 21.6 Å². The van der Waals surface area contributed by atoms with Crippen LogP contribution in [-0.2, 0) is 22.8 Å². The van der Waals surface area contributed by atoms with Gasteiger partial charge in [0.2, 0.25) is 0 Å². The third-order valence-electron chi connectivity index (χ3n) is 5.37. The number of nitrogens with two attached hydrogens (primary N) is 1. The van der Waals surface area contributed by atoms with Crippen molar-refractivity contribution in [3.63, 3.8) is 0 Å². The molecule has 1 aliphatic rings. The number of carbonyl (C=O) groups excluding carboxylic acids is 2. The normalized spacial score (nSPS) is 13.5. The number of hydrogen-bond acceptors (Lipinski definition) is 4. The van der Waals surface area contributed by atoms with Gasteiger partial charge in [-0.25, -0.2) is 13.2 Å². The molecular weight excluding hydrogens is 452 g/mol. The number of nitrogens with zero attached hydrogens (tertiary/aromatic N) is 2. The van der Waals surface area contributed by atoms with E-state index in [-0.39, 0.29) is 28.2 Å². The number of fused-ring (bicyclic) bond motifs is 1. The fourth-order valence-corrected chi connectivity index (χ4v) is 4.87. The summed E-state index contributed by atoms with van der Waals surface area (Å²) in [5, 5.41) is 2.99. The first-order chi connectivity index (χ1) is 15.2. The topological polar surface area (TPSA) is 114 Å². The summed E-state index contributed by atoms with van der Waals surface area (Å²) in [5.41, 5.74) is 8.57. The maximum Gasteiger partial charge on any atom is 0.322 e. The molecule has 1 aliphatic heterocycles. The number of nitrogens with one attached hydrogen (secondary N) is 1. The van der Waals surface area contributed by atoms with Crippen LogP contribution in [0.4, 0.5) is 10.5 Å². The van der Waals surface area contributed by atoms with Crippen molar-refractivity contribution in [3.8, 4) is 5.69 Å². The molecule has 2 aromatic carbocycles. The molecule has 0 saturated heterocycles. The van der Waals surface area contributed by atoms with E-state index in [1.54, 1.807) is 9.47 Å². The third kappa shape index (κ3) is 4.09. The number of primary amides is 1. The summed E-state index contributed by atoms with van der Waals surface area (Å²) >= 11 is 6.55. The molecule has 0 bridgehead atoms. The van der Waals surface area contributed by atoms with E-state index < -0.39 is 15.7 Å². The third-order valence-corrected chi connectivity index (χ3v) is 6.86. The molecule has 0 spiro atoms. The van der Waals surface area contributed by atoms with E-state index in [9.17, 15) is 18.0 Å². The minimum Gasteiger partial charge on any atom is -0.365 e. The number of aromatic nitrogens is 1. The number of anilines is 1. The van der Waals surface area contributed by atoms with Gasteiger partial charge in [-0.3, -0.25) is 4.79 Å². The van der Waals surface area contributed by atoms with Crippen LogP contribution in [0.2, 0.25) is 5.15 Å². The van der Waals surface area contributed by atoms with Crippen LogP contribution in [0.15, 0.2) is 59.5 Å². The summed E-state index contributed by atoms with van der Waals surface area (Å²) in [6.45, 7) is 0.575. The number of para-hydroxylation sites is 1. The second-order valence-electron chi connectivity index (χ2n) is 7.52. The molecule has 0 atom stereocenters. The van der Waals surface area contributed by atoms with Gasteiger partial charge >= 0.3 is 6.03 Å². The van der Waals surface area contributed by atoms with Gasteiger partial charge in [-0.05, 0) is 36.4 Å². The van der Waals surface area contributed by atoms with Crippen molar-refractivity contribution in [2.45, 2.75) is 17.9 Å². The zero-order chi connectivity index (χ0) is 23.0. The number of sulfone groups is 1. The Kier molecular flexibility index (Phi) is 5.70. The lowest BCUT2D eigenvalue weighted by atomic mass is 10.0. The van der Waals surface area contributed by atoms with E-state index >= 15 is 0 Å². The molecule has 0 fully saturated rings. The molecule has 32 heavy (non-hydrogen) atoms. The van der Waals surface area contributed by atoms with Crippen molar-refractivity contribution >= 4 is 39.1 Å². The monoisotopic (exact) mass is 472 g/mol. The van der Waals surface area contributed by atoms with Gasteiger partial charge in [-0.15, -0.1) is 0 Å². The first-order valence-corrected chi connectivity index (χ1v) is 12.1. The van der Waals surface area contributed by atoms with E-state index in [2.05, 4.69) is 5.32 Å². The van der Waals surface area contributed by atoms with Crippen molar-refractivity contribution in [2.24, 2.45) is 5.73 Å².